The zero-order valence-electron chi connectivity index (χ0n) is 8.81. The predicted octanol–water partition coefficient (Wildman–Crippen LogP) is 3.06. The largest absolute Gasteiger partial charge is 0.274 e. The van der Waals surface area contributed by atoms with Gasteiger partial charge in [0.25, 0.3) is 0 Å². The molecule has 0 aromatic carbocycles. The van der Waals surface area contributed by atoms with Crippen LogP contribution in [-0.2, 0) is 0 Å². The van der Waals surface area contributed by atoms with Crippen LogP contribution in [0.1, 0.15) is 40.5 Å². The topological polar surface area (TPSA) is 3.24 Å². The highest BCUT2D eigenvalue weighted by atomic mass is 19.1. The van der Waals surface area contributed by atoms with Crippen molar-refractivity contribution in [2.24, 2.45) is 5.92 Å². The Bertz CT molecular complexity index is 106. The van der Waals surface area contributed by atoms with Crippen molar-refractivity contribution in [1.82, 2.24) is 4.90 Å². The molecule has 2 heteroatoms. The van der Waals surface area contributed by atoms with Crippen LogP contribution in [0.15, 0.2) is 0 Å². The van der Waals surface area contributed by atoms with E-state index >= 15 is 0 Å². The van der Waals surface area contributed by atoms with Crippen molar-refractivity contribution < 1.29 is 4.39 Å². The summed E-state index contributed by atoms with van der Waals surface area (Å²) >= 11 is 0. The van der Waals surface area contributed by atoms with E-state index in [0.717, 1.165) is 25.9 Å². The third kappa shape index (κ3) is 3.53. The Morgan fingerprint density at radius 1 is 1.42 bits per heavy atom. The quantitative estimate of drug-likeness (QED) is 0.554. The molecule has 0 amide bonds. The van der Waals surface area contributed by atoms with E-state index in [-0.39, 0.29) is 0 Å². The third-order valence-electron chi connectivity index (χ3n) is 2.31. The summed E-state index contributed by atoms with van der Waals surface area (Å²) in [6.07, 6.45) is 1.22. The molecular weight excluding hydrogens is 153 g/mol. The Morgan fingerprint density at radius 3 is 2.42 bits per heavy atom. The molecule has 2 atom stereocenters. The molecule has 0 aromatic heterocycles. The first-order chi connectivity index (χ1) is 5.74. The number of hydrogen-bond donors (Lipinski definition) is 0. The van der Waals surface area contributed by atoms with E-state index in [1.165, 1.54) is 0 Å². The molecule has 1 nitrogen and oxygen atoms in total. The van der Waals surface area contributed by atoms with Crippen molar-refractivity contribution >= 4 is 0 Å². The van der Waals surface area contributed by atoms with Crippen LogP contribution < -0.4 is 0 Å². The Kier molecular flexibility index (Phi) is 6.35. The van der Waals surface area contributed by atoms with Crippen molar-refractivity contribution in [3.8, 4) is 0 Å². The van der Waals surface area contributed by atoms with Gasteiger partial charge in [-0.25, -0.2) is 4.39 Å². The maximum atomic E-state index is 13.0. The molecule has 1 aliphatic rings. The van der Waals surface area contributed by atoms with Gasteiger partial charge in [-0.2, -0.15) is 0 Å². The van der Waals surface area contributed by atoms with Gasteiger partial charge in [0.05, 0.1) is 0 Å². The van der Waals surface area contributed by atoms with Crippen LogP contribution in [-0.4, -0.2) is 24.3 Å². The summed E-state index contributed by atoms with van der Waals surface area (Å²) in [5.74, 6) is 0.581. The lowest BCUT2D eigenvalue weighted by Gasteiger charge is -2.32. The molecule has 2 unspecified atom stereocenters. The van der Waals surface area contributed by atoms with E-state index in [0.29, 0.717) is 5.92 Å². The van der Waals surface area contributed by atoms with Crippen LogP contribution in [0.5, 0.6) is 0 Å². The smallest absolute Gasteiger partial charge is 0.153 e. The summed E-state index contributed by atoms with van der Waals surface area (Å²) in [4.78, 5) is 1.90. The number of nitrogens with zero attached hydrogens (tertiary/aromatic N) is 1. The van der Waals surface area contributed by atoms with E-state index in [2.05, 4.69) is 6.92 Å². The monoisotopic (exact) mass is 175 g/mol. The molecule has 0 spiro atoms. The van der Waals surface area contributed by atoms with Gasteiger partial charge in [-0.1, -0.05) is 27.7 Å². The molecule has 12 heavy (non-hydrogen) atoms. The molecule has 1 heterocycles. The molecule has 0 bridgehead atoms. The zero-order chi connectivity index (χ0) is 9.56. The number of alkyl halides is 1. The lowest BCUT2D eigenvalue weighted by Crippen LogP contribution is -2.38. The van der Waals surface area contributed by atoms with Crippen molar-refractivity contribution in [2.45, 2.75) is 46.8 Å². The van der Waals surface area contributed by atoms with Crippen molar-refractivity contribution in [3.05, 3.63) is 0 Å². The summed E-state index contributed by atoms with van der Waals surface area (Å²) < 4.78 is 13.0. The molecule has 74 valence electrons. The fraction of sp³-hybridized carbons (Fsp3) is 1.00. The Labute approximate surface area is 75.9 Å². The van der Waals surface area contributed by atoms with Crippen LogP contribution in [0.2, 0.25) is 0 Å². The molecule has 1 rings (SSSR count). The predicted molar refractivity (Wildman–Crippen MR) is 51.9 cm³/mol. The second kappa shape index (κ2) is 6.41. The molecule has 0 aromatic rings. The van der Waals surface area contributed by atoms with E-state index in [1.807, 2.05) is 25.7 Å². The van der Waals surface area contributed by atoms with Gasteiger partial charge in [0.15, 0.2) is 6.30 Å². The molecule has 1 saturated heterocycles. The second-order valence-corrected chi connectivity index (χ2v) is 3.19. The van der Waals surface area contributed by atoms with Crippen molar-refractivity contribution in [2.75, 3.05) is 13.1 Å². The molecule has 0 aliphatic carbocycles. The lowest BCUT2D eigenvalue weighted by molar-refractivity contribution is 0.0300. The first-order valence-corrected chi connectivity index (χ1v) is 5.12. The average Bonchev–Trinajstić information content (AvgIpc) is 2.08. The number of rotatable bonds is 1. The SMILES string of the molecule is CC.CCN1CCC(C)CC1F. The normalized spacial score (nSPS) is 30.8. The van der Waals surface area contributed by atoms with Crippen LogP contribution in [0.25, 0.3) is 0 Å². The van der Waals surface area contributed by atoms with Gasteiger partial charge in [0, 0.05) is 6.54 Å². The fourth-order valence-electron chi connectivity index (χ4n) is 1.48. The van der Waals surface area contributed by atoms with E-state index in [9.17, 15) is 4.39 Å². The van der Waals surface area contributed by atoms with Crippen molar-refractivity contribution in [3.63, 3.8) is 0 Å². The van der Waals surface area contributed by atoms with E-state index in [1.54, 1.807) is 0 Å². The van der Waals surface area contributed by atoms with Gasteiger partial charge < -0.3 is 0 Å². The third-order valence-corrected chi connectivity index (χ3v) is 2.31. The summed E-state index contributed by atoms with van der Waals surface area (Å²) in [6, 6.07) is 0. The van der Waals surface area contributed by atoms with Crippen molar-refractivity contribution in [1.29, 1.82) is 0 Å². The minimum atomic E-state index is -0.672. The Morgan fingerprint density at radius 2 is 2.00 bits per heavy atom. The van der Waals surface area contributed by atoms with Crippen LogP contribution in [0.4, 0.5) is 4.39 Å². The minimum Gasteiger partial charge on any atom is -0.274 e. The van der Waals surface area contributed by atoms with Gasteiger partial charge in [-0.05, 0) is 25.3 Å². The zero-order valence-corrected chi connectivity index (χ0v) is 8.81. The van der Waals surface area contributed by atoms with Gasteiger partial charge in [-0.3, -0.25) is 4.90 Å². The first-order valence-electron chi connectivity index (χ1n) is 5.12. The minimum absolute atomic E-state index is 0.581. The van der Waals surface area contributed by atoms with Gasteiger partial charge in [0.2, 0.25) is 0 Å². The summed E-state index contributed by atoms with van der Waals surface area (Å²) in [5.41, 5.74) is 0. The summed E-state index contributed by atoms with van der Waals surface area (Å²) in [6.45, 7) is 9.94. The Hall–Kier alpha value is -0.110. The van der Waals surface area contributed by atoms with Gasteiger partial charge in [-0.15, -0.1) is 0 Å². The molecule has 1 fully saturated rings. The second-order valence-electron chi connectivity index (χ2n) is 3.19. The molecule has 0 radical (unpaired) electrons. The molecule has 1 aliphatic heterocycles. The number of halogens is 1. The summed E-state index contributed by atoms with van der Waals surface area (Å²) in [5, 5.41) is 0. The number of likely N-dealkylation sites (tertiary alicyclic amines) is 1. The molecular formula is C10H22FN. The Balaban J connectivity index is 0.000000561. The highest BCUT2D eigenvalue weighted by Crippen LogP contribution is 2.22. The highest BCUT2D eigenvalue weighted by Gasteiger charge is 2.23. The van der Waals surface area contributed by atoms with Crippen LogP contribution >= 0.6 is 0 Å². The van der Waals surface area contributed by atoms with Gasteiger partial charge >= 0.3 is 0 Å². The number of piperidine rings is 1. The van der Waals surface area contributed by atoms with E-state index in [4.69, 9.17) is 0 Å². The lowest BCUT2D eigenvalue weighted by atomic mass is 9.98. The number of hydrogen-bond acceptors (Lipinski definition) is 1. The molecule has 0 saturated carbocycles. The maximum Gasteiger partial charge on any atom is 0.153 e. The highest BCUT2D eigenvalue weighted by molar-refractivity contribution is 4.71. The van der Waals surface area contributed by atoms with E-state index < -0.39 is 6.30 Å². The fourth-order valence-corrected chi connectivity index (χ4v) is 1.48. The summed E-state index contributed by atoms with van der Waals surface area (Å²) in [7, 11) is 0. The standard InChI is InChI=1S/C8H16FN.C2H6/c1-3-10-5-4-7(2)6-8(10)9;1-2/h7-8H,3-6H2,1-2H3;1-2H3. The van der Waals surface area contributed by atoms with Crippen LogP contribution in [0.3, 0.4) is 0 Å². The first kappa shape index (κ1) is 11.9. The van der Waals surface area contributed by atoms with Gasteiger partial charge in [0.1, 0.15) is 0 Å². The molecule has 0 N–H and O–H groups in total. The maximum absolute atomic E-state index is 13.0. The average molecular weight is 175 g/mol. The van der Waals surface area contributed by atoms with Crippen LogP contribution in [0, 0.1) is 5.92 Å².